The van der Waals surface area contributed by atoms with Crippen LogP contribution in [0.4, 0.5) is 5.69 Å². The van der Waals surface area contributed by atoms with Crippen molar-refractivity contribution in [1.82, 2.24) is 4.57 Å². The van der Waals surface area contributed by atoms with E-state index < -0.39 is 0 Å². The van der Waals surface area contributed by atoms with Gasteiger partial charge in [-0.25, -0.2) is 0 Å². The minimum atomic E-state index is -0.213. The van der Waals surface area contributed by atoms with Crippen LogP contribution < -0.4 is 4.90 Å². The highest BCUT2D eigenvalue weighted by atomic mass is 16.3. The van der Waals surface area contributed by atoms with Gasteiger partial charge in [0.1, 0.15) is 5.76 Å². The molecule has 0 fully saturated rings. The van der Waals surface area contributed by atoms with Crippen LogP contribution in [0, 0.1) is 0 Å². The van der Waals surface area contributed by atoms with E-state index in [1.165, 1.54) is 11.8 Å². The van der Waals surface area contributed by atoms with Gasteiger partial charge in [0, 0.05) is 64.3 Å². The zero-order chi connectivity index (χ0) is 24.5. The average Bonchev–Trinajstić information content (AvgIpc) is 3.22. The number of carbonyl (C=O) groups is 1. The Kier molecular flexibility index (Phi) is 6.04. The van der Waals surface area contributed by atoms with Gasteiger partial charge in [-0.05, 0) is 74.0 Å². The zero-order valence-electron chi connectivity index (χ0n) is 20.5. The number of aryl methyl sites for hydroxylation is 1. The van der Waals surface area contributed by atoms with Gasteiger partial charge in [-0.1, -0.05) is 36.4 Å². The third-order valence-electron chi connectivity index (χ3n) is 6.89. The largest absolute Gasteiger partial charge is 0.507 e. The van der Waals surface area contributed by atoms with Crippen LogP contribution in [-0.2, 0) is 6.54 Å². The summed E-state index contributed by atoms with van der Waals surface area (Å²) in [6, 6.07) is 26.2. The molecule has 0 aliphatic carbocycles. The van der Waals surface area contributed by atoms with Crippen LogP contribution in [0.2, 0.25) is 0 Å². The van der Waals surface area contributed by atoms with Crippen molar-refractivity contribution in [2.45, 2.75) is 27.3 Å². The number of anilines is 1. The summed E-state index contributed by atoms with van der Waals surface area (Å²) in [6.07, 6.45) is 1.33. The number of aliphatic hydroxyl groups is 1. The molecular weight excluding hydrogens is 432 g/mol. The molecule has 0 bridgehead atoms. The Hall–Kier alpha value is -4.05. The Balaban J connectivity index is 1.47. The molecule has 35 heavy (non-hydrogen) atoms. The van der Waals surface area contributed by atoms with E-state index in [-0.39, 0.29) is 11.5 Å². The van der Waals surface area contributed by atoms with E-state index in [9.17, 15) is 9.90 Å². The molecule has 5 rings (SSSR count). The SMILES string of the molecule is CCN(CC)c1ccc2cc(/C(O)=C/C(=O)c3ccc4c(c3)c3ccccc3n4CC)ccc2c1. The summed E-state index contributed by atoms with van der Waals surface area (Å²) < 4.78 is 2.26. The van der Waals surface area contributed by atoms with Gasteiger partial charge in [0.25, 0.3) is 0 Å². The molecule has 0 aliphatic rings. The van der Waals surface area contributed by atoms with Gasteiger partial charge in [-0.15, -0.1) is 0 Å². The summed E-state index contributed by atoms with van der Waals surface area (Å²) in [6.45, 7) is 9.19. The lowest BCUT2D eigenvalue weighted by atomic mass is 10.0. The molecule has 4 nitrogen and oxygen atoms in total. The summed E-state index contributed by atoms with van der Waals surface area (Å²) in [5.74, 6) is -0.240. The van der Waals surface area contributed by atoms with Crippen molar-refractivity contribution in [3.05, 3.63) is 96.1 Å². The molecule has 1 N–H and O–H groups in total. The van der Waals surface area contributed by atoms with Crippen molar-refractivity contribution in [3.63, 3.8) is 0 Å². The highest BCUT2D eigenvalue weighted by Gasteiger charge is 2.13. The number of hydrogen-bond donors (Lipinski definition) is 1. The first-order valence-corrected chi connectivity index (χ1v) is 12.3. The van der Waals surface area contributed by atoms with Crippen LogP contribution in [0.5, 0.6) is 0 Å². The number of nitrogens with zero attached hydrogens (tertiary/aromatic N) is 2. The topological polar surface area (TPSA) is 45.5 Å². The zero-order valence-corrected chi connectivity index (χ0v) is 20.5. The van der Waals surface area contributed by atoms with Crippen molar-refractivity contribution in [2.75, 3.05) is 18.0 Å². The maximum absolute atomic E-state index is 13.1. The number of benzene rings is 4. The fourth-order valence-electron chi connectivity index (χ4n) is 5.02. The summed E-state index contributed by atoms with van der Waals surface area (Å²) in [5, 5.41) is 15.1. The standard InChI is InChI=1S/C31H30N2O2/c1-4-32(5-2)25-15-13-21-17-23(12-11-22(21)18-25)30(34)20-31(35)24-14-16-29-27(19-24)26-9-7-8-10-28(26)33(29)6-3/h7-20,34H,4-6H2,1-3H3/b30-20-. The van der Waals surface area contributed by atoms with Gasteiger partial charge in [0.2, 0.25) is 0 Å². The number of aliphatic hydroxyl groups excluding tert-OH is 1. The van der Waals surface area contributed by atoms with Crippen LogP contribution in [0.15, 0.2) is 84.9 Å². The summed E-state index contributed by atoms with van der Waals surface area (Å²) in [5.41, 5.74) is 4.65. The van der Waals surface area contributed by atoms with Gasteiger partial charge in [0.05, 0.1) is 0 Å². The highest BCUT2D eigenvalue weighted by Crippen LogP contribution is 2.30. The van der Waals surface area contributed by atoms with Gasteiger partial charge in [-0.2, -0.15) is 0 Å². The minimum Gasteiger partial charge on any atom is -0.507 e. The van der Waals surface area contributed by atoms with Crippen LogP contribution in [0.1, 0.15) is 36.7 Å². The molecular formula is C31H30N2O2. The molecule has 0 unspecified atom stereocenters. The molecule has 4 heteroatoms. The molecule has 4 aromatic carbocycles. The monoisotopic (exact) mass is 462 g/mol. The third-order valence-corrected chi connectivity index (χ3v) is 6.89. The molecule has 176 valence electrons. The Morgan fingerprint density at radius 3 is 2.26 bits per heavy atom. The first kappa shape index (κ1) is 22.7. The average molecular weight is 463 g/mol. The van der Waals surface area contributed by atoms with Gasteiger partial charge >= 0.3 is 0 Å². The first-order chi connectivity index (χ1) is 17.0. The third kappa shape index (κ3) is 4.06. The predicted octanol–water partition coefficient (Wildman–Crippen LogP) is 7.60. The molecule has 0 saturated carbocycles. The Morgan fingerprint density at radius 1 is 0.800 bits per heavy atom. The van der Waals surface area contributed by atoms with E-state index >= 15 is 0 Å². The maximum atomic E-state index is 13.1. The number of para-hydroxylation sites is 1. The van der Waals surface area contributed by atoms with E-state index in [2.05, 4.69) is 60.6 Å². The summed E-state index contributed by atoms with van der Waals surface area (Å²) in [7, 11) is 0. The number of hydrogen-bond acceptors (Lipinski definition) is 3. The Bertz CT molecular complexity index is 1590. The second kappa shape index (κ2) is 9.30. The lowest BCUT2D eigenvalue weighted by molar-refractivity contribution is 0.104. The lowest BCUT2D eigenvalue weighted by Crippen LogP contribution is -2.21. The van der Waals surface area contributed by atoms with Crippen molar-refractivity contribution < 1.29 is 9.90 Å². The normalized spacial score (nSPS) is 12.0. The number of rotatable bonds is 7. The second-order valence-electron chi connectivity index (χ2n) is 8.81. The molecule has 0 saturated heterocycles. The van der Waals surface area contributed by atoms with Gasteiger partial charge < -0.3 is 14.6 Å². The quantitative estimate of drug-likeness (QED) is 0.154. The number of fused-ring (bicyclic) bond motifs is 4. The second-order valence-corrected chi connectivity index (χ2v) is 8.81. The van der Waals surface area contributed by atoms with Crippen molar-refractivity contribution in [3.8, 4) is 0 Å². The van der Waals surface area contributed by atoms with E-state index in [1.54, 1.807) is 0 Å². The number of ketones is 1. The minimum absolute atomic E-state index is 0.0270. The van der Waals surface area contributed by atoms with Gasteiger partial charge in [-0.3, -0.25) is 4.79 Å². The number of aromatic nitrogens is 1. The van der Waals surface area contributed by atoms with E-state index in [1.807, 2.05) is 48.5 Å². The maximum Gasteiger partial charge on any atom is 0.189 e. The molecule has 0 atom stereocenters. The summed E-state index contributed by atoms with van der Waals surface area (Å²) in [4.78, 5) is 15.4. The molecule has 1 aromatic heterocycles. The molecule has 0 amide bonds. The fourth-order valence-corrected chi connectivity index (χ4v) is 5.02. The van der Waals surface area contributed by atoms with E-state index in [4.69, 9.17) is 0 Å². The van der Waals surface area contributed by atoms with Crippen molar-refractivity contribution >= 4 is 49.8 Å². The summed E-state index contributed by atoms with van der Waals surface area (Å²) >= 11 is 0. The van der Waals surface area contributed by atoms with Crippen LogP contribution in [0.3, 0.4) is 0 Å². The predicted molar refractivity (Wildman–Crippen MR) is 148 cm³/mol. The number of allylic oxidation sites excluding steroid dienone is 1. The molecule has 0 spiro atoms. The van der Waals surface area contributed by atoms with Crippen LogP contribution in [-0.4, -0.2) is 28.5 Å². The molecule has 1 heterocycles. The smallest absolute Gasteiger partial charge is 0.189 e. The fraction of sp³-hybridized carbons (Fsp3) is 0.194. The lowest BCUT2D eigenvalue weighted by Gasteiger charge is -2.21. The van der Waals surface area contributed by atoms with E-state index in [0.29, 0.717) is 11.1 Å². The molecule has 0 radical (unpaired) electrons. The van der Waals surface area contributed by atoms with Crippen molar-refractivity contribution in [1.29, 1.82) is 0 Å². The highest BCUT2D eigenvalue weighted by molar-refractivity contribution is 6.14. The number of carbonyl (C=O) groups excluding carboxylic acids is 1. The molecule has 5 aromatic rings. The Morgan fingerprint density at radius 2 is 1.49 bits per heavy atom. The first-order valence-electron chi connectivity index (χ1n) is 12.3. The van der Waals surface area contributed by atoms with Crippen LogP contribution >= 0.6 is 0 Å². The van der Waals surface area contributed by atoms with Crippen molar-refractivity contribution in [2.24, 2.45) is 0 Å². The van der Waals surface area contributed by atoms with Gasteiger partial charge in [0.15, 0.2) is 5.78 Å². The molecule has 0 aliphatic heterocycles. The van der Waals surface area contributed by atoms with E-state index in [0.717, 1.165) is 52.2 Å². The van der Waals surface area contributed by atoms with Crippen LogP contribution in [0.25, 0.3) is 38.3 Å². The Labute approximate surface area is 205 Å².